The van der Waals surface area contributed by atoms with Crippen molar-refractivity contribution in [3.05, 3.63) is 54.1 Å². The van der Waals surface area contributed by atoms with Crippen LogP contribution in [0.5, 0.6) is 5.75 Å². The van der Waals surface area contributed by atoms with E-state index in [0.717, 1.165) is 0 Å². The molecule has 0 aromatic heterocycles. The highest BCUT2D eigenvalue weighted by Crippen LogP contribution is 2.23. The molecule has 2 aromatic rings. The van der Waals surface area contributed by atoms with Crippen LogP contribution in [-0.4, -0.2) is 20.0 Å². The van der Waals surface area contributed by atoms with Crippen LogP contribution < -0.4 is 15.3 Å². The Bertz CT molecular complexity index is 963. The minimum atomic E-state index is -4.03. The number of benzene rings is 2. The van der Waals surface area contributed by atoms with Crippen LogP contribution in [0.1, 0.15) is 5.56 Å². The van der Waals surface area contributed by atoms with Gasteiger partial charge in [-0.15, -0.1) is 0 Å². The van der Waals surface area contributed by atoms with Crippen LogP contribution in [0.15, 0.2) is 58.5 Å². The maximum atomic E-state index is 12.4. The van der Waals surface area contributed by atoms with Gasteiger partial charge < -0.3 is 9.92 Å². The second kappa shape index (κ2) is 7.46. The summed E-state index contributed by atoms with van der Waals surface area (Å²) in [5, 5.41) is 19.7. The zero-order chi connectivity index (χ0) is 18.4. The Kier molecular flexibility index (Phi) is 5.36. The summed E-state index contributed by atoms with van der Waals surface area (Å²) >= 11 is 0. The molecule has 0 heterocycles. The number of rotatable bonds is 6. The summed E-state index contributed by atoms with van der Waals surface area (Å²) in [4.78, 5) is -0.0824. The van der Waals surface area contributed by atoms with Crippen molar-refractivity contribution < 1.29 is 12.6 Å². The minimum absolute atomic E-state index is 0.0824. The number of aryl methyl sites for hydroxylation is 1. The third-order valence-corrected chi connectivity index (χ3v) is 4.34. The van der Waals surface area contributed by atoms with E-state index in [2.05, 4.69) is 10.5 Å². The molecule has 0 aliphatic rings. The van der Waals surface area contributed by atoms with E-state index in [4.69, 9.17) is 20.6 Å². The molecule has 0 atom stereocenters. The molecule has 0 fully saturated rings. The highest BCUT2D eigenvalue weighted by atomic mass is 32.2. The molecule has 2 aromatic carbocycles. The SMILES string of the molecule is Cc1ccc(S(=O)(=O)Oc2ccccc2)cc1N/N=C(\C#N)C(=N)N. The van der Waals surface area contributed by atoms with E-state index < -0.39 is 16.0 Å². The fraction of sp³-hybridized carbons (Fsp3) is 0.0625. The number of hydrazone groups is 1. The number of hydrogen-bond acceptors (Lipinski definition) is 7. The van der Waals surface area contributed by atoms with E-state index in [1.54, 1.807) is 37.3 Å². The molecule has 128 valence electrons. The van der Waals surface area contributed by atoms with Gasteiger partial charge in [0.15, 0.2) is 5.84 Å². The minimum Gasteiger partial charge on any atom is -0.382 e. The molecular weight excluding hydrogens is 342 g/mol. The molecule has 0 saturated carbocycles. The quantitative estimate of drug-likeness (QED) is 0.312. The van der Waals surface area contributed by atoms with Crippen molar-refractivity contribution in [2.75, 3.05) is 5.43 Å². The van der Waals surface area contributed by atoms with Crippen LogP contribution in [0.25, 0.3) is 0 Å². The largest absolute Gasteiger partial charge is 0.382 e. The van der Waals surface area contributed by atoms with E-state index in [-0.39, 0.29) is 16.4 Å². The molecule has 4 N–H and O–H groups in total. The van der Waals surface area contributed by atoms with E-state index in [1.165, 1.54) is 24.3 Å². The van der Waals surface area contributed by atoms with Crippen LogP contribution in [-0.2, 0) is 10.1 Å². The van der Waals surface area contributed by atoms with Crippen molar-refractivity contribution in [1.29, 1.82) is 10.7 Å². The van der Waals surface area contributed by atoms with Crippen LogP contribution in [0, 0.1) is 23.7 Å². The van der Waals surface area contributed by atoms with E-state index in [1.807, 2.05) is 0 Å². The zero-order valence-electron chi connectivity index (χ0n) is 13.2. The fourth-order valence-corrected chi connectivity index (χ4v) is 2.75. The van der Waals surface area contributed by atoms with Gasteiger partial charge in [0.25, 0.3) is 0 Å². The molecule has 2 rings (SSSR count). The maximum absolute atomic E-state index is 12.4. The molecule has 8 nitrogen and oxygen atoms in total. The first-order chi connectivity index (χ1) is 11.8. The number of nitrogens with one attached hydrogen (secondary N) is 2. The summed E-state index contributed by atoms with van der Waals surface area (Å²) < 4.78 is 29.8. The number of nitrogens with zero attached hydrogens (tertiary/aromatic N) is 2. The number of hydrogen-bond donors (Lipinski definition) is 3. The van der Waals surface area contributed by atoms with Gasteiger partial charge in [0, 0.05) is 0 Å². The van der Waals surface area contributed by atoms with Crippen LogP contribution in [0.2, 0.25) is 0 Å². The predicted octanol–water partition coefficient (Wildman–Crippen LogP) is 1.99. The Morgan fingerprint density at radius 3 is 2.56 bits per heavy atom. The van der Waals surface area contributed by atoms with E-state index >= 15 is 0 Å². The van der Waals surface area contributed by atoms with Gasteiger partial charge >= 0.3 is 10.1 Å². The number of amidine groups is 1. The average molecular weight is 357 g/mol. The van der Waals surface area contributed by atoms with Gasteiger partial charge in [0.2, 0.25) is 5.71 Å². The Morgan fingerprint density at radius 2 is 1.96 bits per heavy atom. The van der Waals surface area contributed by atoms with Crippen molar-refractivity contribution >= 4 is 27.4 Å². The molecule has 0 amide bonds. The molecule has 9 heteroatoms. The van der Waals surface area contributed by atoms with Gasteiger partial charge in [-0.3, -0.25) is 10.8 Å². The summed E-state index contributed by atoms with van der Waals surface area (Å²) in [6.45, 7) is 1.73. The van der Waals surface area contributed by atoms with Crippen LogP contribution in [0.3, 0.4) is 0 Å². The lowest BCUT2D eigenvalue weighted by atomic mass is 10.2. The van der Waals surface area contributed by atoms with Gasteiger partial charge in [-0.25, -0.2) is 0 Å². The smallest absolute Gasteiger partial charge is 0.339 e. The maximum Gasteiger partial charge on any atom is 0.339 e. The second-order valence-electron chi connectivity index (χ2n) is 4.92. The Hall–Kier alpha value is -3.38. The summed E-state index contributed by atoms with van der Waals surface area (Å²) in [5.74, 6) is -0.303. The molecule has 0 spiro atoms. The first-order valence-electron chi connectivity index (χ1n) is 7.02. The summed E-state index contributed by atoms with van der Waals surface area (Å²) in [6, 6.07) is 14.1. The number of para-hydroxylation sites is 1. The van der Waals surface area contributed by atoms with Crippen molar-refractivity contribution in [1.82, 2.24) is 0 Å². The van der Waals surface area contributed by atoms with Crippen molar-refractivity contribution in [3.63, 3.8) is 0 Å². The molecule has 25 heavy (non-hydrogen) atoms. The normalized spacial score (nSPS) is 11.4. The lowest BCUT2D eigenvalue weighted by molar-refractivity contribution is 0.486. The van der Waals surface area contributed by atoms with Crippen molar-refractivity contribution in [2.24, 2.45) is 10.8 Å². The second-order valence-corrected chi connectivity index (χ2v) is 6.47. The Morgan fingerprint density at radius 1 is 1.28 bits per heavy atom. The van der Waals surface area contributed by atoms with Gasteiger partial charge in [-0.2, -0.15) is 18.8 Å². The molecule has 0 aliphatic carbocycles. The third-order valence-electron chi connectivity index (χ3n) is 3.10. The Balaban J connectivity index is 2.32. The Labute approximate surface area is 145 Å². The number of nitrogens with two attached hydrogens (primary N) is 1. The summed E-state index contributed by atoms with van der Waals surface area (Å²) in [5.41, 5.74) is 8.47. The van der Waals surface area contributed by atoms with Gasteiger partial charge in [-0.05, 0) is 36.8 Å². The summed E-state index contributed by atoms with van der Waals surface area (Å²) in [6.07, 6.45) is 0. The zero-order valence-corrected chi connectivity index (χ0v) is 14.0. The third kappa shape index (κ3) is 4.55. The molecule has 0 aliphatic heterocycles. The van der Waals surface area contributed by atoms with Crippen LogP contribution in [0.4, 0.5) is 5.69 Å². The van der Waals surface area contributed by atoms with Gasteiger partial charge in [-0.1, -0.05) is 24.3 Å². The highest BCUT2D eigenvalue weighted by molar-refractivity contribution is 7.87. The van der Waals surface area contributed by atoms with Crippen molar-refractivity contribution in [2.45, 2.75) is 11.8 Å². The monoisotopic (exact) mass is 357 g/mol. The van der Waals surface area contributed by atoms with E-state index in [9.17, 15) is 8.42 Å². The number of anilines is 1. The predicted molar refractivity (Wildman–Crippen MR) is 94.0 cm³/mol. The van der Waals surface area contributed by atoms with Gasteiger partial charge in [0.05, 0.1) is 5.69 Å². The van der Waals surface area contributed by atoms with Crippen LogP contribution >= 0.6 is 0 Å². The molecule has 0 bridgehead atoms. The lowest BCUT2D eigenvalue weighted by Crippen LogP contribution is -2.22. The molecule has 0 saturated heterocycles. The first kappa shape index (κ1) is 18.0. The summed E-state index contributed by atoms with van der Waals surface area (Å²) in [7, 11) is -4.03. The highest BCUT2D eigenvalue weighted by Gasteiger charge is 2.18. The molecule has 0 radical (unpaired) electrons. The standard InChI is InChI=1S/C16H15N5O3S/c1-11-7-8-13(9-14(11)20-21-15(10-17)16(18)19)25(22,23)24-12-5-3-2-4-6-12/h2-9,20H,1H3,(H3,18,19)/b21-15+. The van der Waals surface area contributed by atoms with Crippen molar-refractivity contribution in [3.8, 4) is 11.8 Å². The lowest BCUT2D eigenvalue weighted by Gasteiger charge is -2.10. The fourth-order valence-electron chi connectivity index (χ4n) is 1.79. The van der Waals surface area contributed by atoms with Gasteiger partial charge in [0.1, 0.15) is 16.7 Å². The first-order valence-corrected chi connectivity index (χ1v) is 8.42. The van der Waals surface area contributed by atoms with E-state index in [0.29, 0.717) is 11.3 Å². The average Bonchev–Trinajstić information content (AvgIpc) is 2.57. The molecule has 0 unspecified atom stereocenters. The molecular formula is C16H15N5O3S. The number of nitriles is 1. The topological polar surface area (TPSA) is 141 Å².